The first-order chi connectivity index (χ1) is 7.99. The molecule has 0 N–H and O–H groups in total. The second-order valence-corrected chi connectivity index (χ2v) is 7.08. The van der Waals surface area contributed by atoms with Crippen molar-refractivity contribution in [1.29, 1.82) is 0 Å². The molecule has 0 saturated heterocycles. The minimum Gasteiger partial charge on any atom is -0.290 e. The largest absolute Gasteiger partial charge is 0.290 e. The van der Waals surface area contributed by atoms with Crippen LogP contribution in [0.4, 0.5) is 0 Å². The van der Waals surface area contributed by atoms with Gasteiger partial charge in [0.25, 0.3) is 0 Å². The molecule has 0 radical (unpaired) electrons. The number of aromatic nitrogens is 2. The van der Waals surface area contributed by atoms with Crippen LogP contribution in [-0.2, 0) is 0 Å². The van der Waals surface area contributed by atoms with E-state index in [2.05, 4.69) is 25.9 Å². The van der Waals surface area contributed by atoms with Crippen molar-refractivity contribution >= 4 is 44.4 Å². The minimum atomic E-state index is -0.384. The molecule has 1 atom stereocenters. The topological polar surface area (TPSA) is 42.9 Å². The van der Waals surface area contributed by atoms with E-state index in [1.807, 2.05) is 20.8 Å². The van der Waals surface area contributed by atoms with Crippen molar-refractivity contribution in [2.24, 2.45) is 0 Å². The van der Waals surface area contributed by atoms with Crippen LogP contribution in [0.2, 0.25) is 0 Å². The highest BCUT2D eigenvalue weighted by Gasteiger charge is 2.24. The first-order valence-corrected chi connectivity index (χ1v) is 7.58. The highest BCUT2D eigenvalue weighted by molar-refractivity contribution is 9.09. The van der Waals surface area contributed by atoms with Crippen LogP contribution in [0.3, 0.4) is 0 Å². The standard InChI is InChI=1S/C11H11BrN2OS2/c1-5-4-13-11(16-5)9(15)8(12)10-14-6(2)7(3)17-10/h4,8H,1-3H3. The van der Waals surface area contributed by atoms with E-state index in [9.17, 15) is 4.79 Å². The van der Waals surface area contributed by atoms with E-state index in [1.54, 1.807) is 17.5 Å². The van der Waals surface area contributed by atoms with Gasteiger partial charge in [-0.2, -0.15) is 0 Å². The maximum absolute atomic E-state index is 12.1. The lowest BCUT2D eigenvalue weighted by Crippen LogP contribution is -2.06. The van der Waals surface area contributed by atoms with Gasteiger partial charge in [-0.3, -0.25) is 4.79 Å². The number of halogens is 1. The van der Waals surface area contributed by atoms with Crippen molar-refractivity contribution in [2.45, 2.75) is 25.6 Å². The molecule has 3 nitrogen and oxygen atoms in total. The van der Waals surface area contributed by atoms with Gasteiger partial charge in [0.05, 0.1) is 5.69 Å². The van der Waals surface area contributed by atoms with Crippen molar-refractivity contribution in [1.82, 2.24) is 9.97 Å². The molecule has 1 unspecified atom stereocenters. The molecule has 0 spiro atoms. The molecule has 2 aromatic heterocycles. The second kappa shape index (κ2) is 4.96. The van der Waals surface area contributed by atoms with Crippen LogP contribution in [0, 0.1) is 20.8 Å². The number of hydrogen-bond acceptors (Lipinski definition) is 5. The Morgan fingerprint density at radius 3 is 2.53 bits per heavy atom. The summed E-state index contributed by atoms with van der Waals surface area (Å²) in [4.78, 5) is 22.4. The summed E-state index contributed by atoms with van der Waals surface area (Å²) < 4.78 is 0. The van der Waals surface area contributed by atoms with Gasteiger partial charge < -0.3 is 0 Å². The van der Waals surface area contributed by atoms with Crippen LogP contribution in [0.25, 0.3) is 0 Å². The Labute approximate surface area is 116 Å². The zero-order valence-electron chi connectivity index (χ0n) is 9.65. The molecule has 0 saturated carbocycles. The fraction of sp³-hybridized carbons (Fsp3) is 0.364. The minimum absolute atomic E-state index is 0.0168. The number of hydrogen-bond donors (Lipinski definition) is 0. The molecule has 2 aromatic rings. The van der Waals surface area contributed by atoms with Gasteiger partial charge in [0.2, 0.25) is 5.78 Å². The maximum atomic E-state index is 12.1. The van der Waals surface area contributed by atoms with Gasteiger partial charge in [-0.15, -0.1) is 22.7 Å². The fourth-order valence-electron chi connectivity index (χ4n) is 1.30. The summed E-state index contributed by atoms with van der Waals surface area (Å²) in [7, 11) is 0. The Morgan fingerprint density at radius 2 is 2.06 bits per heavy atom. The lowest BCUT2D eigenvalue weighted by molar-refractivity contribution is 0.0991. The van der Waals surface area contributed by atoms with E-state index in [0.29, 0.717) is 5.01 Å². The van der Waals surface area contributed by atoms with E-state index in [-0.39, 0.29) is 10.6 Å². The van der Waals surface area contributed by atoms with Crippen LogP contribution in [0.1, 0.15) is 35.1 Å². The number of Topliss-reactive ketones (excluding diaryl/α,β-unsaturated/α-hetero) is 1. The predicted molar refractivity (Wildman–Crippen MR) is 74.4 cm³/mol. The van der Waals surface area contributed by atoms with E-state index in [1.165, 1.54) is 11.3 Å². The fourth-order valence-corrected chi connectivity index (χ4v) is 3.68. The van der Waals surface area contributed by atoms with Crippen LogP contribution in [-0.4, -0.2) is 15.8 Å². The smallest absolute Gasteiger partial charge is 0.211 e. The molecule has 2 heterocycles. The summed E-state index contributed by atoms with van der Waals surface area (Å²) in [6.45, 7) is 5.90. The summed E-state index contributed by atoms with van der Waals surface area (Å²) in [5, 5.41) is 1.34. The average Bonchev–Trinajstić information content (AvgIpc) is 2.85. The molecule has 0 bridgehead atoms. The Balaban J connectivity index is 2.26. The van der Waals surface area contributed by atoms with Crippen molar-refractivity contribution in [3.8, 4) is 0 Å². The number of carbonyl (C=O) groups is 1. The van der Waals surface area contributed by atoms with Crippen molar-refractivity contribution < 1.29 is 4.79 Å². The Bertz CT molecular complexity index is 542. The highest BCUT2D eigenvalue weighted by atomic mass is 79.9. The molecule has 0 fully saturated rings. The molecule has 0 aliphatic carbocycles. The summed E-state index contributed by atoms with van der Waals surface area (Å²) in [5.74, 6) is -0.0168. The Morgan fingerprint density at radius 1 is 1.35 bits per heavy atom. The molecule has 0 aromatic carbocycles. The normalized spacial score (nSPS) is 12.7. The SMILES string of the molecule is Cc1cnc(C(=O)C(Br)c2nc(C)c(C)s2)s1. The molecule has 6 heteroatoms. The second-order valence-electron chi connectivity index (χ2n) is 3.70. The lowest BCUT2D eigenvalue weighted by atomic mass is 10.3. The third-order valence-electron chi connectivity index (χ3n) is 2.32. The molecule has 2 rings (SSSR count). The van der Waals surface area contributed by atoms with Crippen LogP contribution < -0.4 is 0 Å². The average molecular weight is 331 g/mol. The van der Waals surface area contributed by atoms with E-state index < -0.39 is 0 Å². The number of ketones is 1. The quantitative estimate of drug-likeness (QED) is 0.634. The highest BCUT2D eigenvalue weighted by Crippen LogP contribution is 2.32. The maximum Gasteiger partial charge on any atom is 0.211 e. The molecule has 90 valence electrons. The van der Waals surface area contributed by atoms with Gasteiger partial charge in [0.15, 0.2) is 5.01 Å². The zero-order chi connectivity index (χ0) is 12.6. The van der Waals surface area contributed by atoms with E-state index in [0.717, 1.165) is 20.5 Å². The molecule has 0 aliphatic rings. The lowest BCUT2D eigenvalue weighted by Gasteiger charge is -2.01. The molecular weight excluding hydrogens is 320 g/mol. The predicted octanol–water partition coefficient (Wildman–Crippen LogP) is 3.84. The summed E-state index contributed by atoms with van der Waals surface area (Å²) in [6, 6.07) is 0. The zero-order valence-corrected chi connectivity index (χ0v) is 12.9. The van der Waals surface area contributed by atoms with Crippen molar-refractivity contribution in [3.63, 3.8) is 0 Å². The third kappa shape index (κ3) is 2.64. The van der Waals surface area contributed by atoms with Crippen LogP contribution >= 0.6 is 38.6 Å². The number of nitrogens with zero attached hydrogens (tertiary/aromatic N) is 2. The van der Waals surface area contributed by atoms with Gasteiger partial charge in [-0.1, -0.05) is 15.9 Å². The van der Waals surface area contributed by atoms with E-state index >= 15 is 0 Å². The van der Waals surface area contributed by atoms with Crippen molar-refractivity contribution in [3.05, 3.63) is 31.7 Å². The first kappa shape index (κ1) is 12.9. The number of carbonyl (C=O) groups excluding carboxylic acids is 1. The van der Waals surface area contributed by atoms with E-state index in [4.69, 9.17) is 0 Å². The summed E-state index contributed by atoms with van der Waals surface area (Å²) >= 11 is 6.38. The number of thiazole rings is 2. The van der Waals surface area contributed by atoms with Gasteiger partial charge >= 0.3 is 0 Å². The summed E-state index contributed by atoms with van der Waals surface area (Å²) in [5.41, 5.74) is 0.984. The molecule has 0 aliphatic heterocycles. The van der Waals surface area contributed by atoms with Gasteiger partial charge in [0, 0.05) is 16.0 Å². The van der Waals surface area contributed by atoms with Crippen molar-refractivity contribution in [2.75, 3.05) is 0 Å². The van der Waals surface area contributed by atoms with Gasteiger partial charge in [-0.05, 0) is 20.8 Å². The molecule has 17 heavy (non-hydrogen) atoms. The Hall–Kier alpha value is -0.590. The summed E-state index contributed by atoms with van der Waals surface area (Å²) in [6.07, 6.45) is 1.72. The monoisotopic (exact) mass is 330 g/mol. The number of alkyl halides is 1. The molecule has 0 amide bonds. The van der Waals surface area contributed by atoms with Crippen LogP contribution in [0.5, 0.6) is 0 Å². The Kier molecular flexibility index (Phi) is 3.75. The van der Waals surface area contributed by atoms with Gasteiger partial charge in [0.1, 0.15) is 9.83 Å². The number of rotatable bonds is 3. The van der Waals surface area contributed by atoms with Gasteiger partial charge in [-0.25, -0.2) is 9.97 Å². The van der Waals surface area contributed by atoms with Crippen LogP contribution in [0.15, 0.2) is 6.20 Å². The number of aryl methyl sites for hydroxylation is 3. The first-order valence-electron chi connectivity index (χ1n) is 5.03. The molecular formula is C11H11BrN2OS2. The third-order valence-corrected chi connectivity index (χ3v) is 5.54.